The standard InChI is InChI=1S/C15H16FN3O2/c1-9-5-10(2)19(17-9)12-7-18(8-12)15(21)11-3-4-13(16)14(20)6-11/h3-6,12,20H,7-8H2,1-2H3. The van der Waals surface area contributed by atoms with Crippen LogP contribution in [0.5, 0.6) is 5.75 Å². The third kappa shape index (κ3) is 2.37. The smallest absolute Gasteiger partial charge is 0.254 e. The fourth-order valence-corrected chi connectivity index (χ4v) is 2.62. The van der Waals surface area contributed by atoms with E-state index in [0.29, 0.717) is 18.7 Å². The van der Waals surface area contributed by atoms with Gasteiger partial charge in [-0.25, -0.2) is 4.39 Å². The Kier molecular flexibility index (Phi) is 3.16. The molecule has 0 unspecified atom stereocenters. The van der Waals surface area contributed by atoms with Crippen LogP contribution in [0.15, 0.2) is 24.3 Å². The Morgan fingerprint density at radius 1 is 1.33 bits per heavy atom. The lowest BCUT2D eigenvalue weighted by Crippen LogP contribution is -2.51. The van der Waals surface area contributed by atoms with Crippen molar-refractivity contribution < 1.29 is 14.3 Å². The van der Waals surface area contributed by atoms with E-state index in [0.717, 1.165) is 23.5 Å². The molecule has 0 aliphatic carbocycles. The average molecular weight is 289 g/mol. The van der Waals surface area contributed by atoms with Crippen molar-refractivity contribution in [3.8, 4) is 5.75 Å². The van der Waals surface area contributed by atoms with E-state index in [9.17, 15) is 14.3 Å². The summed E-state index contributed by atoms with van der Waals surface area (Å²) in [7, 11) is 0. The Labute approximate surface area is 121 Å². The zero-order valence-corrected chi connectivity index (χ0v) is 11.9. The van der Waals surface area contributed by atoms with Gasteiger partial charge in [0.2, 0.25) is 0 Å². The number of amides is 1. The number of carbonyl (C=O) groups is 1. The highest BCUT2D eigenvalue weighted by Crippen LogP contribution is 2.26. The number of halogens is 1. The minimum Gasteiger partial charge on any atom is -0.505 e. The van der Waals surface area contributed by atoms with Crippen LogP contribution in [0.4, 0.5) is 4.39 Å². The molecule has 1 fully saturated rings. The van der Waals surface area contributed by atoms with Crippen molar-refractivity contribution in [3.63, 3.8) is 0 Å². The highest BCUT2D eigenvalue weighted by molar-refractivity contribution is 5.95. The first-order valence-electron chi connectivity index (χ1n) is 6.76. The largest absolute Gasteiger partial charge is 0.505 e. The molecule has 1 aliphatic heterocycles. The summed E-state index contributed by atoms with van der Waals surface area (Å²) < 4.78 is 14.9. The van der Waals surface area contributed by atoms with Crippen molar-refractivity contribution >= 4 is 5.91 Å². The molecule has 1 amide bonds. The van der Waals surface area contributed by atoms with Crippen molar-refractivity contribution in [3.05, 3.63) is 47.0 Å². The number of aryl methyl sites for hydroxylation is 2. The number of carbonyl (C=O) groups excluding carboxylic acids is 1. The molecule has 0 atom stereocenters. The molecule has 0 spiro atoms. The van der Waals surface area contributed by atoms with E-state index in [1.807, 2.05) is 24.6 Å². The van der Waals surface area contributed by atoms with E-state index in [-0.39, 0.29) is 11.9 Å². The number of hydrogen-bond donors (Lipinski definition) is 1. The zero-order valence-electron chi connectivity index (χ0n) is 11.9. The number of nitrogens with zero attached hydrogens (tertiary/aromatic N) is 3. The number of rotatable bonds is 2. The molecule has 1 aromatic heterocycles. The molecule has 1 N–H and O–H groups in total. The van der Waals surface area contributed by atoms with Gasteiger partial charge in [-0.15, -0.1) is 0 Å². The molecular weight excluding hydrogens is 273 g/mol. The van der Waals surface area contributed by atoms with Crippen LogP contribution in [0.25, 0.3) is 0 Å². The second-order valence-electron chi connectivity index (χ2n) is 5.40. The molecule has 3 rings (SSSR count). The Morgan fingerprint density at radius 3 is 2.62 bits per heavy atom. The van der Waals surface area contributed by atoms with Gasteiger partial charge in [-0.1, -0.05) is 0 Å². The van der Waals surface area contributed by atoms with Crippen LogP contribution in [0.2, 0.25) is 0 Å². The number of aromatic hydroxyl groups is 1. The minimum atomic E-state index is -0.726. The average Bonchev–Trinajstić information content (AvgIpc) is 2.70. The molecule has 1 saturated heterocycles. The SMILES string of the molecule is Cc1cc(C)n(C2CN(C(=O)c3ccc(F)c(O)c3)C2)n1. The molecule has 1 aliphatic rings. The summed E-state index contributed by atoms with van der Waals surface area (Å²) in [6.07, 6.45) is 0. The van der Waals surface area contributed by atoms with Crippen LogP contribution in [0.1, 0.15) is 27.8 Å². The van der Waals surface area contributed by atoms with Gasteiger partial charge in [0.1, 0.15) is 0 Å². The number of phenols is 1. The van der Waals surface area contributed by atoms with Crippen LogP contribution in [0.3, 0.4) is 0 Å². The predicted molar refractivity (Wildman–Crippen MR) is 74.7 cm³/mol. The van der Waals surface area contributed by atoms with Crippen molar-refractivity contribution in [1.82, 2.24) is 14.7 Å². The van der Waals surface area contributed by atoms with Gasteiger partial charge >= 0.3 is 0 Å². The second-order valence-corrected chi connectivity index (χ2v) is 5.40. The molecule has 21 heavy (non-hydrogen) atoms. The van der Waals surface area contributed by atoms with Crippen LogP contribution < -0.4 is 0 Å². The van der Waals surface area contributed by atoms with E-state index in [4.69, 9.17) is 0 Å². The molecule has 110 valence electrons. The predicted octanol–water partition coefficient (Wildman–Crippen LogP) is 2.04. The van der Waals surface area contributed by atoms with Crippen LogP contribution >= 0.6 is 0 Å². The highest BCUT2D eigenvalue weighted by Gasteiger charge is 2.33. The van der Waals surface area contributed by atoms with Gasteiger partial charge in [-0.3, -0.25) is 9.48 Å². The lowest BCUT2D eigenvalue weighted by atomic mass is 10.1. The maximum atomic E-state index is 13.0. The van der Waals surface area contributed by atoms with E-state index in [1.165, 1.54) is 6.07 Å². The van der Waals surface area contributed by atoms with Gasteiger partial charge in [0, 0.05) is 24.3 Å². The molecule has 2 aromatic rings. The molecule has 6 heteroatoms. The maximum Gasteiger partial charge on any atom is 0.254 e. The van der Waals surface area contributed by atoms with Gasteiger partial charge in [-0.05, 0) is 38.1 Å². The van der Waals surface area contributed by atoms with Crippen molar-refractivity contribution in [2.24, 2.45) is 0 Å². The Hall–Kier alpha value is -2.37. The number of aromatic nitrogens is 2. The van der Waals surface area contributed by atoms with E-state index in [2.05, 4.69) is 5.10 Å². The fourth-order valence-electron chi connectivity index (χ4n) is 2.62. The molecule has 0 radical (unpaired) electrons. The van der Waals surface area contributed by atoms with Crippen molar-refractivity contribution in [2.75, 3.05) is 13.1 Å². The Morgan fingerprint density at radius 2 is 2.05 bits per heavy atom. The van der Waals surface area contributed by atoms with E-state index >= 15 is 0 Å². The summed E-state index contributed by atoms with van der Waals surface area (Å²) in [4.78, 5) is 13.9. The van der Waals surface area contributed by atoms with Gasteiger partial charge in [0.05, 0.1) is 11.7 Å². The van der Waals surface area contributed by atoms with Gasteiger partial charge in [0.15, 0.2) is 11.6 Å². The van der Waals surface area contributed by atoms with Gasteiger partial charge < -0.3 is 10.0 Å². The third-order valence-corrected chi connectivity index (χ3v) is 3.73. The number of hydrogen-bond acceptors (Lipinski definition) is 3. The number of likely N-dealkylation sites (tertiary alicyclic amines) is 1. The maximum absolute atomic E-state index is 13.0. The molecular formula is C15H16FN3O2. The van der Waals surface area contributed by atoms with Gasteiger partial charge in [-0.2, -0.15) is 5.10 Å². The summed E-state index contributed by atoms with van der Waals surface area (Å²) in [5.41, 5.74) is 2.32. The fraction of sp³-hybridized carbons (Fsp3) is 0.333. The lowest BCUT2D eigenvalue weighted by Gasteiger charge is -2.39. The molecule has 5 nitrogen and oxygen atoms in total. The van der Waals surface area contributed by atoms with E-state index in [1.54, 1.807) is 4.90 Å². The molecule has 0 bridgehead atoms. The zero-order chi connectivity index (χ0) is 15.1. The summed E-state index contributed by atoms with van der Waals surface area (Å²) in [6, 6.07) is 5.82. The van der Waals surface area contributed by atoms with Crippen LogP contribution in [0, 0.1) is 19.7 Å². The first-order chi connectivity index (χ1) is 9.95. The topological polar surface area (TPSA) is 58.4 Å². The molecule has 0 saturated carbocycles. The second kappa shape index (κ2) is 4.87. The third-order valence-electron chi connectivity index (χ3n) is 3.73. The Balaban J connectivity index is 1.69. The summed E-state index contributed by atoms with van der Waals surface area (Å²) >= 11 is 0. The van der Waals surface area contributed by atoms with Crippen molar-refractivity contribution in [1.29, 1.82) is 0 Å². The lowest BCUT2D eigenvalue weighted by molar-refractivity contribution is 0.0497. The number of phenolic OH excluding ortho intramolecular Hbond substituents is 1. The van der Waals surface area contributed by atoms with E-state index < -0.39 is 11.6 Å². The highest BCUT2D eigenvalue weighted by atomic mass is 19.1. The molecule has 2 heterocycles. The minimum absolute atomic E-state index is 0.177. The summed E-state index contributed by atoms with van der Waals surface area (Å²) in [6.45, 7) is 5.06. The van der Waals surface area contributed by atoms with Gasteiger partial charge in [0.25, 0.3) is 5.91 Å². The summed E-state index contributed by atoms with van der Waals surface area (Å²) in [5, 5.41) is 13.7. The van der Waals surface area contributed by atoms with Crippen LogP contribution in [-0.4, -0.2) is 38.8 Å². The monoisotopic (exact) mass is 289 g/mol. The Bertz CT molecular complexity index is 705. The quantitative estimate of drug-likeness (QED) is 0.920. The normalized spacial score (nSPS) is 15.1. The molecule has 1 aromatic carbocycles. The first kappa shape index (κ1) is 13.6. The first-order valence-corrected chi connectivity index (χ1v) is 6.76. The van der Waals surface area contributed by atoms with Crippen LogP contribution in [-0.2, 0) is 0 Å². The van der Waals surface area contributed by atoms with Crippen molar-refractivity contribution in [2.45, 2.75) is 19.9 Å². The summed E-state index contributed by atoms with van der Waals surface area (Å²) in [5.74, 6) is -1.43. The number of benzene rings is 1.